The van der Waals surface area contributed by atoms with Gasteiger partial charge in [0, 0.05) is 15.7 Å². The van der Waals surface area contributed by atoms with Crippen molar-refractivity contribution in [3.8, 4) is 0 Å². The molecule has 0 fully saturated rings. The van der Waals surface area contributed by atoms with Crippen LogP contribution in [0.3, 0.4) is 0 Å². The minimum absolute atomic E-state index is 0.0227. The molecule has 0 saturated carbocycles. The summed E-state index contributed by atoms with van der Waals surface area (Å²) in [5.74, 6) is -3.22. The summed E-state index contributed by atoms with van der Waals surface area (Å²) in [5.41, 5.74) is 0.605. The first kappa shape index (κ1) is 16.4. The Bertz CT molecular complexity index is 686. The van der Waals surface area contributed by atoms with Crippen LogP contribution in [0.15, 0.2) is 59.6 Å². The number of rotatable bonds is 5. The molecule has 0 aromatic heterocycles. The van der Waals surface area contributed by atoms with E-state index in [1.165, 1.54) is 18.2 Å². The fourth-order valence-electron chi connectivity index (χ4n) is 2.09. The second kappa shape index (κ2) is 7.31. The molecule has 2 nitrogen and oxygen atoms in total. The molecule has 0 aliphatic heterocycles. The Kier molecular flexibility index (Phi) is 5.44. The van der Waals surface area contributed by atoms with E-state index in [0.717, 1.165) is 10.5 Å². The largest absolute Gasteiger partial charge is 0.326 e. The number of allylic oxidation sites excluding steroid dienone is 1. The van der Waals surface area contributed by atoms with Crippen molar-refractivity contribution in [2.24, 2.45) is 0 Å². The van der Waals surface area contributed by atoms with Crippen LogP contribution in [-0.4, -0.2) is 5.91 Å². The number of nitrogens with one attached hydrogen (secondary N) is 1. The van der Waals surface area contributed by atoms with Crippen LogP contribution in [0.1, 0.15) is 17.9 Å². The van der Waals surface area contributed by atoms with Crippen molar-refractivity contribution in [1.82, 2.24) is 0 Å². The predicted octanol–water partition coefficient (Wildman–Crippen LogP) is 5.03. The molecule has 22 heavy (non-hydrogen) atoms. The van der Waals surface area contributed by atoms with E-state index < -0.39 is 23.5 Å². The van der Waals surface area contributed by atoms with Crippen LogP contribution >= 0.6 is 15.9 Å². The third-order valence-electron chi connectivity index (χ3n) is 3.19. The van der Waals surface area contributed by atoms with Crippen LogP contribution in [0, 0.1) is 11.6 Å². The number of carbonyl (C=O) groups is 1. The highest BCUT2D eigenvalue weighted by molar-refractivity contribution is 9.10. The highest BCUT2D eigenvalue weighted by atomic mass is 79.9. The van der Waals surface area contributed by atoms with Crippen molar-refractivity contribution in [1.29, 1.82) is 0 Å². The molecular formula is C17H14BrF2NO. The zero-order valence-electron chi connectivity index (χ0n) is 11.7. The number of amides is 1. The molecule has 2 aromatic carbocycles. The topological polar surface area (TPSA) is 29.1 Å². The molecule has 0 spiro atoms. The van der Waals surface area contributed by atoms with Gasteiger partial charge >= 0.3 is 0 Å². The zero-order valence-corrected chi connectivity index (χ0v) is 13.2. The summed E-state index contributed by atoms with van der Waals surface area (Å²) in [6.07, 6.45) is 1.72. The van der Waals surface area contributed by atoms with E-state index in [4.69, 9.17) is 0 Å². The molecule has 0 aliphatic carbocycles. The van der Waals surface area contributed by atoms with E-state index >= 15 is 0 Å². The van der Waals surface area contributed by atoms with Gasteiger partial charge in [-0.15, -0.1) is 6.58 Å². The standard InChI is InChI=1S/C17H14BrF2NO/c1-2-4-14(13-5-3-6-15(19)16(13)20)17(22)21-12-9-7-11(18)8-10-12/h2-3,5-10,14H,1,4H2,(H,21,22). The number of hydrogen-bond acceptors (Lipinski definition) is 1. The smallest absolute Gasteiger partial charge is 0.232 e. The van der Waals surface area contributed by atoms with Gasteiger partial charge in [0.05, 0.1) is 5.92 Å². The Morgan fingerprint density at radius 2 is 1.91 bits per heavy atom. The van der Waals surface area contributed by atoms with E-state index in [9.17, 15) is 13.6 Å². The van der Waals surface area contributed by atoms with Crippen LogP contribution in [0.4, 0.5) is 14.5 Å². The van der Waals surface area contributed by atoms with E-state index in [0.29, 0.717) is 5.69 Å². The summed E-state index contributed by atoms with van der Waals surface area (Å²) in [5, 5.41) is 2.70. The summed E-state index contributed by atoms with van der Waals surface area (Å²) in [6.45, 7) is 3.58. The summed E-state index contributed by atoms with van der Waals surface area (Å²) in [7, 11) is 0. The maximum atomic E-state index is 13.9. The molecule has 1 unspecified atom stereocenters. The maximum absolute atomic E-state index is 13.9. The summed E-state index contributed by atoms with van der Waals surface area (Å²) >= 11 is 3.30. The van der Waals surface area contributed by atoms with Gasteiger partial charge in [-0.05, 0) is 36.8 Å². The number of carbonyl (C=O) groups excluding carboxylic acids is 1. The van der Waals surface area contributed by atoms with Gasteiger partial charge < -0.3 is 5.32 Å². The van der Waals surface area contributed by atoms with E-state index in [2.05, 4.69) is 27.8 Å². The van der Waals surface area contributed by atoms with Gasteiger partial charge in [0.1, 0.15) is 0 Å². The summed E-state index contributed by atoms with van der Waals surface area (Å²) in [4.78, 5) is 12.4. The molecule has 1 N–H and O–H groups in total. The number of halogens is 3. The quantitative estimate of drug-likeness (QED) is 0.740. The molecule has 0 saturated heterocycles. The van der Waals surface area contributed by atoms with Gasteiger partial charge in [-0.1, -0.05) is 34.1 Å². The van der Waals surface area contributed by atoms with Crippen LogP contribution in [0.2, 0.25) is 0 Å². The van der Waals surface area contributed by atoms with Gasteiger partial charge in [0.15, 0.2) is 11.6 Å². The molecule has 2 rings (SSSR count). The molecule has 0 radical (unpaired) electrons. The fraction of sp³-hybridized carbons (Fsp3) is 0.118. The van der Waals surface area contributed by atoms with Crippen molar-refractivity contribution in [2.45, 2.75) is 12.3 Å². The molecule has 0 bridgehead atoms. The predicted molar refractivity (Wildman–Crippen MR) is 86.7 cm³/mol. The Labute approximate surface area is 136 Å². The third-order valence-corrected chi connectivity index (χ3v) is 3.72. The minimum Gasteiger partial charge on any atom is -0.326 e. The van der Waals surface area contributed by atoms with Crippen molar-refractivity contribution in [2.75, 3.05) is 5.32 Å². The Hall–Kier alpha value is -2.01. The second-order valence-electron chi connectivity index (χ2n) is 4.72. The molecule has 1 amide bonds. The van der Waals surface area contributed by atoms with E-state index in [-0.39, 0.29) is 12.0 Å². The lowest BCUT2D eigenvalue weighted by Gasteiger charge is -2.16. The van der Waals surface area contributed by atoms with E-state index in [1.807, 2.05) is 0 Å². The van der Waals surface area contributed by atoms with Crippen LogP contribution < -0.4 is 5.32 Å². The van der Waals surface area contributed by atoms with E-state index in [1.54, 1.807) is 24.3 Å². The Morgan fingerprint density at radius 3 is 2.55 bits per heavy atom. The van der Waals surface area contributed by atoms with Crippen LogP contribution in [0.5, 0.6) is 0 Å². The SMILES string of the molecule is C=CCC(C(=O)Nc1ccc(Br)cc1)c1cccc(F)c1F. The molecule has 0 aliphatic rings. The molecule has 1 atom stereocenters. The minimum atomic E-state index is -1.000. The monoisotopic (exact) mass is 365 g/mol. The number of benzene rings is 2. The van der Waals surface area contributed by atoms with Gasteiger partial charge in [-0.2, -0.15) is 0 Å². The Balaban J connectivity index is 2.27. The maximum Gasteiger partial charge on any atom is 0.232 e. The average Bonchev–Trinajstić information content (AvgIpc) is 2.50. The first-order chi connectivity index (χ1) is 10.5. The van der Waals surface area contributed by atoms with Gasteiger partial charge in [0.25, 0.3) is 0 Å². The van der Waals surface area contributed by atoms with Gasteiger partial charge in [-0.3, -0.25) is 4.79 Å². The fourth-order valence-corrected chi connectivity index (χ4v) is 2.36. The average molecular weight is 366 g/mol. The highest BCUT2D eigenvalue weighted by Gasteiger charge is 2.24. The lowest BCUT2D eigenvalue weighted by atomic mass is 9.94. The first-order valence-corrected chi connectivity index (χ1v) is 7.43. The molecular weight excluding hydrogens is 352 g/mol. The molecule has 114 valence electrons. The van der Waals surface area contributed by atoms with Crippen molar-refractivity contribution >= 4 is 27.5 Å². The Morgan fingerprint density at radius 1 is 1.23 bits per heavy atom. The third kappa shape index (κ3) is 3.80. The second-order valence-corrected chi connectivity index (χ2v) is 5.63. The van der Waals surface area contributed by atoms with Gasteiger partial charge in [-0.25, -0.2) is 8.78 Å². The zero-order chi connectivity index (χ0) is 16.1. The number of anilines is 1. The molecule has 0 heterocycles. The lowest BCUT2D eigenvalue weighted by molar-refractivity contribution is -0.117. The normalized spacial score (nSPS) is 11.8. The van der Waals surface area contributed by atoms with Crippen LogP contribution in [-0.2, 0) is 4.79 Å². The molecule has 5 heteroatoms. The van der Waals surface area contributed by atoms with Crippen LogP contribution in [0.25, 0.3) is 0 Å². The number of hydrogen-bond donors (Lipinski definition) is 1. The first-order valence-electron chi connectivity index (χ1n) is 6.64. The highest BCUT2D eigenvalue weighted by Crippen LogP contribution is 2.26. The van der Waals surface area contributed by atoms with Crippen molar-refractivity contribution in [3.63, 3.8) is 0 Å². The molecule has 2 aromatic rings. The van der Waals surface area contributed by atoms with Crippen molar-refractivity contribution < 1.29 is 13.6 Å². The lowest BCUT2D eigenvalue weighted by Crippen LogP contribution is -2.22. The van der Waals surface area contributed by atoms with Gasteiger partial charge in [0.2, 0.25) is 5.91 Å². The summed E-state index contributed by atoms with van der Waals surface area (Å²) in [6, 6.07) is 10.8. The van der Waals surface area contributed by atoms with Crippen molar-refractivity contribution in [3.05, 3.63) is 76.8 Å². The summed E-state index contributed by atoms with van der Waals surface area (Å²) < 4.78 is 28.2.